The van der Waals surface area contributed by atoms with E-state index in [1.807, 2.05) is 38.1 Å². The average molecular weight is 354 g/mol. The largest absolute Gasteiger partial charge is 0.491 e. The summed E-state index contributed by atoms with van der Waals surface area (Å²) in [6.45, 7) is 5.85. The van der Waals surface area contributed by atoms with Crippen LogP contribution >= 0.6 is 0 Å². The van der Waals surface area contributed by atoms with Crippen molar-refractivity contribution in [3.63, 3.8) is 0 Å². The number of amides is 1. The first kappa shape index (κ1) is 18.2. The third kappa shape index (κ3) is 4.94. The van der Waals surface area contributed by atoms with Crippen molar-refractivity contribution in [3.8, 4) is 5.75 Å². The van der Waals surface area contributed by atoms with E-state index in [0.29, 0.717) is 17.3 Å². The van der Waals surface area contributed by atoms with Crippen LogP contribution in [0.15, 0.2) is 36.5 Å². The van der Waals surface area contributed by atoms with Gasteiger partial charge in [0, 0.05) is 25.0 Å². The van der Waals surface area contributed by atoms with Gasteiger partial charge in [-0.25, -0.2) is 9.97 Å². The summed E-state index contributed by atoms with van der Waals surface area (Å²) < 4.78 is 5.61. The minimum Gasteiger partial charge on any atom is -0.491 e. The van der Waals surface area contributed by atoms with Crippen molar-refractivity contribution in [3.05, 3.63) is 42.2 Å². The second-order valence-electron chi connectivity index (χ2n) is 6.79. The van der Waals surface area contributed by atoms with Crippen molar-refractivity contribution in [2.75, 3.05) is 23.3 Å². The van der Waals surface area contributed by atoms with E-state index in [2.05, 4.69) is 20.2 Å². The Morgan fingerprint density at radius 2 is 1.77 bits per heavy atom. The molecule has 26 heavy (non-hydrogen) atoms. The van der Waals surface area contributed by atoms with Gasteiger partial charge < -0.3 is 15.0 Å². The third-order valence-corrected chi connectivity index (χ3v) is 4.25. The molecule has 1 aromatic carbocycles. The lowest BCUT2D eigenvalue weighted by Crippen LogP contribution is -2.27. The molecule has 0 spiro atoms. The Morgan fingerprint density at radius 1 is 1.08 bits per heavy atom. The maximum Gasteiger partial charge on any atom is 0.274 e. The van der Waals surface area contributed by atoms with Crippen LogP contribution in [0.3, 0.4) is 0 Å². The first-order valence-electron chi connectivity index (χ1n) is 9.28. The van der Waals surface area contributed by atoms with E-state index in [-0.39, 0.29) is 12.0 Å². The van der Waals surface area contributed by atoms with Gasteiger partial charge in [0.2, 0.25) is 5.95 Å². The molecule has 1 saturated heterocycles. The molecule has 1 N–H and O–H groups in total. The lowest BCUT2D eigenvalue weighted by Gasteiger charge is -2.20. The molecule has 1 aliphatic heterocycles. The molecule has 3 rings (SSSR count). The maximum absolute atomic E-state index is 12.5. The molecular weight excluding hydrogens is 328 g/mol. The topological polar surface area (TPSA) is 67.3 Å². The minimum absolute atomic E-state index is 0.119. The number of benzene rings is 1. The van der Waals surface area contributed by atoms with Crippen LogP contribution in [-0.2, 0) is 0 Å². The minimum atomic E-state index is -0.235. The van der Waals surface area contributed by atoms with Gasteiger partial charge in [-0.1, -0.05) is 12.8 Å². The van der Waals surface area contributed by atoms with E-state index in [0.717, 1.165) is 31.7 Å². The van der Waals surface area contributed by atoms with Crippen molar-refractivity contribution in [1.82, 2.24) is 9.97 Å². The van der Waals surface area contributed by atoms with E-state index in [4.69, 9.17) is 4.74 Å². The predicted octanol–water partition coefficient (Wildman–Crippen LogP) is 3.90. The second-order valence-corrected chi connectivity index (χ2v) is 6.79. The zero-order chi connectivity index (χ0) is 18.4. The molecule has 2 heterocycles. The van der Waals surface area contributed by atoms with Crippen molar-refractivity contribution >= 4 is 17.5 Å². The molecular formula is C20H26N4O2. The number of nitrogens with one attached hydrogen (secondary N) is 1. The maximum atomic E-state index is 12.5. The average Bonchev–Trinajstić information content (AvgIpc) is 2.92. The fourth-order valence-corrected chi connectivity index (χ4v) is 2.98. The number of rotatable bonds is 5. The van der Waals surface area contributed by atoms with Gasteiger partial charge in [-0.15, -0.1) is 0 Å². The van der Waals surface area contributed by atoms with E-state index < -0.39 is 0 Å². The summed E-state index contributed by atoms with van der Waals surface area (Å²) in [5, 5.41) is 2.88. The first-order chi connectivity index (χ1) is 12.6. The van der Waals surface area contributed by atoms with Gasteiger partial charge in [0.1, 0.15) is 11.4 Å². The Bertz CT molecular complexity index is 723. The molecule has 0 saturated carbocycles. The van der Waals surface area contributed by atoms with E-state index >= 15 is 0 Å². The molecule has 0 radical (unpaired) electrons. The highest BCUT2D eigenvalue weighted by atomic mass is 16.5. The van der Waals surface area contributed by atoms with Crippen LogP contribution in [-0.4, -0.2) is 35.1 Å². The molecule has 2 aromatic rings. The monoisotopic (exact) mass is 354 g/mol. The SMILES string of the molecule is CC(C)Oc1ccc(NC(=O)c2ccnc(N3CCCCCC3)n2)cc1. The van der Waals surface area contributed by atoms with E-state index in [1.54, 1.807) is 12.3 Å². The number of nitrogens with zero attached hydrogens (tertiary/aromatic N) is 3. The molecule has 0 atom stereocenters. The van der Waals surface area contributed by atoms with Crippen molar-refractivity contribution in [1.29, 1.82) is 0 Å². The van der Waals surface area contributed by atoms with Gasteiger partial charge >= 0.3 is 0 Å². The van der Waals surface area contributed by atoms with Gasteiger partial charge in [0.25, 0.3) is 5.91 Å². The summed E-state index contributed by atoms with van der Waals surface area (Å²) in [5.41, 5.74) is 1.09. The molecule has 1 aliphatic rings. The van der Waals surface area contributed by atoms with Crippen LogP contribution in [0.5, 0.6) is 5.75 Å². The predicted molar refractivity (Wildman–Crippen MR) is 103 cm³/mol. The van der Waals surface area contributed by atoms with E-state index in [9.17, 15) is 4.79 Å². The van der Waals surface area contributed by atoms with Gasteiger partial charge in [-0.05, 0) is 57.0 Å². The molecule has 0 bridgehead atoms. The van der Waals surface area contributed by atoms with Crippen LogP contribution in [0, 0.1) is 0 Å². The zero-order valence-corrected chi connectivity index (χ0v) is 15.4. The highest BCUT2D eigenvalue weighted by Gasteiger charge is 2.15. The third-order valence-electron chi connectivity index (χ3n) is 4.25. The Kier molecular flexibility index (Phi) is 6.04. The molecule has 0 aliphatic carbocycles. The number of carbonyl (C=O) groups is 1. The molecule has 0 unspecified atom stereocenters. The standard InChI is InChI=1S/C20H26N4O2/c1-15(2)26-17-9-7-16(8-10-17)22-19(25)18-11-12-21-20(23-18)24-13-5-3-4-6-14-24/h7-12,15H,3-6,13-14H2,1-2H3,(H,22,25). The number of carbonyl (C=O) groups excluding carboxylic acids is 1. The molecule has 1 aromatic heterocycles. The summed E-state index contributed by atoms with van der Waals surface area (Å²) in [5.74, 6) is 1.18. The van der Waals surface area contributed by atoms with Gasteiger partial charge in [-0.3, -0.25) is 4.79 Å². The number of ether oxygens (including phenoxy) is 1. The Hall–Kier alpha value is -2.63. The number of hydrogen-bond donors (Lipinski definition) is 1. The summed E-state index contributed by atoms with van der Waals surface area (Å²) in [6, 6.07) is 8.99. The summed E-state index contributed by atoms with van der Waals surface area (Å²) in [4.78, 5) is 23.5. The Balaban J connectivity index is 1.66. The van der Waals surface area contributed by atoms with Gasteiger partial charge in [-0.2, -0.15) is 0 Å². The molecule has 6 heteroatoms. The number of aromatic nitrogens is 2. The quantitative estimate of drug-likeness (QED) is 0.882. The lowest BCUT2D eigenvalue weighted by atomic mass is 10.2. The van der Waals surface area contributed by atoms with Gasteiger partial charge in [0.15, 0.2) is 0 Å². The van der Waals surface area contributed by atoms with Gasteiger partial charge in [0.05, 0.1) is 6.10 Å². The number of hydrogen-bond acceptors (Lipinski definition) is 5. The van der Waals surface area contributed by atoms with Crippen LogP contribution in [0.25, 0.3) is 0 Å². The Labute approximate surface area is 154 Å². The van der Waals surface area contributed by atoms with Crippen molar-refractivity contribution in [2.45, 2.75) is 45.6 Å². The molecule has 1 fully saturated rings. The van der Waals surface area contributed by atoms with Crippen molar-refractivity contribution < 1.29 is 9.53 Å². The highest BCUT2D eigenvalue weighted by Crippen LogP contribution is 2.18. The summed E-state index contributed by atoms with van der Waals surface area (Å²) in [7, 11) is 0. The second kappa shape index (κ2) is 8.65. The zero-order valence-electron chi connectivity index (χ0n) is 15.4. The van der Waals surface area contributed by atoms with E-state index in [1.165, 1.54) is 12.8 Å². The Morgan fingerprint density at radius 3 is 2.42 bits per heavy atom. The first-order valence-corrected chi connectivity index (χ1v) is 9.28. The number of anilines is 2. The summed E-state index contributed by atoms with van der Waals surface area (Å²) >= 11 is 0. The fourth-order valence-electron chi connectivity index (χ4n) is 2.98. The van der Waals surface area contributed by atoms with Crippen LogP contribution in [0.4, 0.5) is 11.6 Å². The van der Waals surface area contributed by atoms with Crippen molar-refractivity contribution in [2.24, 2.45) is 0 Å². The molecule has 138 valence electrons. The smallest absolute Gasteiger partial charge is 0.274 e. The molecule has 6 nitrogen and oxygen atoms in total. The normalized spacial score (nSPS) is 14.8. The molecule has 1 amide bonds. The summed E-state index contributed by atoms with van der Waals surface area (Å²) in [6.07, 6.45) is 6.55. The fraction of sp³-hybridized carbons (Fsp3) is 0.450. The lowest BCUT2D eigenvalue weighted by molar-refractivity contribution is 0.102. The van der Waals surface area contributed by atoms with Crippen LogP contribution in [0.2, 0.25) is 0 Å². The van der Waals surface area contributed by atoms with Crippen LogP contribution < -0.4 is 15.0 Å². The highest BCUT2D eigenvalue weighted by molar-refractivity contribution is 6.03. The van der Waals surface area contributed by atoms with Crippen LogP contribution in [0.1, 0.15) is 50.0 Å².